The van der Waals surface area contributed by atoms with Gasteiger partial charge in [0.2, 0.25) is 0 Å². The minimum Gasteiger partial charge on any atom is -0.489 e. The molecule has 0 saturated heterocycles. The molecule has 0 radical (unpaired) electrons. The van der Waals surface area contributed by atoms with Crippen LogP contribution in [0.25, 0.3) is 11.1 Å². The van der Waals surface area contributed by atoms with Crippen molar-refractivity contribution >= 4 is 0 Å². The number of H-pyrrole nitrogens is 1. The van der Waals surface area contributed by atoms with Crippen LogP contribution in [0.1, 0.15) is 5.56 Å². The van der Waals surface area contributed by atoms with E-state index in [0.29, 0.717) is 23.5 Å². The van der Waals surface area contributed by atoms with E-state index in [2.05, 4.69) is 4.98 Å². The van der Waals surface area contributed by atoms with Crippen LogP contribution in [0.2, 0.25) is 0 Å². The van der Waals surface area contributed by atoms with Crippen LogP contribution in [0.3, 0.4) is 0 Å². The van der Waals surface area contributed by atoms with Gasteiger partial charge in [0.1, 0.15) is 12.4 Å². The summed E-state index contributed by atoms with van der Waals surface area (Å²) in [4.78, 5) is 14.6. The van der Waals surface area contributed by atoms with Crippen LogP contribution in [0.5, 0.6) is 11.6 Å². The van der Waals surface area contributed by atoms with E-state index < -0.39 is 18.6 Å². The average Bonchev–Trinajstić information content (AvgIpc) is 2.66. The lowest BCUT2D eigenvalue weighted by Gasteiger charge is -2.08. The number of alkyl halides is 2. The summed E-state index contributed by atoms with van der Waals surface area (Å²) in [6.07, 6.45) is -2.60. The third-order valence-corrected chi connectivity index (χ3v) is 3.66. The minimum absolute atomic E-state index is 0.0156. The summed E-state index contributed by atoms with van der Waals surface area (Å²) in [6.45, 7) is -0.306. The molecule has 0 saturated carbocycles. The molecule has 0 aliphatic rings. The van der Waals surface area contributed by atoms with Crippen LogP contribution in [0, 0.1) is 0 Å². The molecule has 0 fully saturated rings. The molecule has 0 spiro atoms. The molecule has 0 amide bonds. The lowest BCUT2D eigenvalue weighted by molar-refractivity contribution is 0.0795. The van der Waals surface area contributed by atoms with Crippen LogP contribution in [-0.2, 0) is 6.61 Å². The van der Waals surface area contributed by atoms with Crippen LogP contribution in [-0.4, -0.2) is 18.0 Å². The number of hydrogen-bond donors (Lipinski definition) is 1. The predicted molar refractivity (Wildman–Crippen MR) is 94.8 cm³/mol. The number of aromatic nitrogens is 1. The highest BCUT2D eigenvalue weighted by Gasteiger charge is 2.08. The van der Waals surface area contributed by atoms with Gasteiger partial charge in [0.05, 0.1) is 0 Å². The highest BCUT2D eigenvalue weighted by atomic mass is 19.3. The maximum Gasteiger partial charge on any atom is 0.272 e. The van der Waals surface area contributed by atoms with Gasteiger partial charge in [-0.05, 0) is 35.4 Å². The first kappa shape index (κ1) is 17.7. The third kappa shape index (κ3) is 4.69. The number of aromatic amines is 1. The summed E-state index contributed by atoms with van der Waals surface area (Å²) < 4.78 is 34.8. The van der Waals surface area contributed by atoms with Crippen LogP contribution in [0.15, 0.2) is 71.5 Å². The molecule has 1 aromatic heterocycles. The van der Waals surface area contributed by atoms with Crippen molar-refractivity contribution < 1.29 is 18.3 Å². The maximum atomic E-state index is 12.1. The van der Waals surface area contributed by atoms with Gasteiger partial charge in [-0.2, -0.15) is 0 Å². The molecular weight excluding hydrogens is 340 g/mol. The molecule has 3 aromatic rings. The van der Waals surface area contributed by atoms with E-state index in [9.17, 15) is 13.6 Å². The van der Waals surface area contributed by atoms with Crippen LogP contribution >= 0.6 is 0 Å². The van der Waals surface area contributed by atoms with Crippen LogP contribution in [0.4, 0.5) is 8.78 Å². The molecule has 0 aliphatic heterocycles. The van der Waals surface area contributed by atoms with Crippen molar-refractivity contribution in [3.8, 4) is 22.8 Å². The average molecular weight is 357 g/mol. The number of benzene rings is 2. The number of nitrogens with one attached hydrogen (secondary N) is 1. The van der Waals surface area contributed by atoms with E-state index in [0.717, 1.165) is 5.56 Å². The summed E-state index contributed by atoms with van der Waals surface area (Å²) in [5.41, 5.74) is 1.77. The zero-order chi connectivity index (χ0) is 18.4. The van der Waals surface area contributed by atoms with E-state index in [1.807, 2.05) is 30.3 Å². The fourth-order valence-electron chi connectivity index (χ4n) is 2.39. The lowest BCUT2D eigenvalue weighted by Crippen LogP contribution is -2.13. The summed E-state index contributed by atoms with van der Waals surface area (Å²) >= 11 is 0. The van der Waals surface area contributed by atoms with Crippen molar-refractivity contribution in [3.05, 3.63) is 82.6 Å². The second-order valence-corrected chi connectivity index (χ2v) is 5.57. The van der Waals surface area contributed by atoms with E-state index in [1.54, 1.807) is 30.3 Å². The normalized spacial score (nSPS) is 10.7. The molecule has 134 valence electrons. The first-order valence-corrected chi connectivity index (χ1v) is 8.03. The number of pyridine rings is 1. The van der Waals surface area contributed by atoms with Crippen molar-refractivity contribution in [3.63, 3.8) is 0 Å². The highest BCUT2D eigenvalue weighted by molar-refractivity contribution is 5.63. The fourth-order valence-corrected chi connectivity index (χ4v) is 2.39. The standard InChI is InChI=1S/C20H17F2NO3/c21-18(22)13-26-19-11-10-17(20(24)23-19)15-6-8-16(9-7-15)25-12-14-4-2-1-3-5-14/h1-11,18H,12-13H2,(H,23,24). The van der Waals surface area contributed by atoms with E-state index >= 15 is 0 Å². The Balaban J connectivity index is 1.67. The molecule has 0 unspecified atom stereocenters. The van der Waals surface area contributed by atoms with Crippen molar-refractivity contribution in [2.75, 3.05) is 6.61 Å². The van der Waals surface area contributed by atoms with Gasteiger partial charge in [-0.1, -0.05) is 42.5 Å². The zero-order valence-corrected chi connectivity index (χ0v) is 13.8. The second-order valence-electron chi connectivity index (χ2n) is 5.57. The molecule has 6 heteroatoms. The SMILES string of the molecule is O=c1[nH]c(OCC(F)F)ccc1-c1ccc(OCc2ccccc2)cc1. The third-order valence-electron chi connectivity index (χ3n) is 3.66. The maximum absolute atomic E-state index is 12.1. The molecule has 1 N–H and O–H groups in total. The topological polar surface area (TPSA) is 51.3 Å². The number of ether oxygens (including phenoxy) is 2. The molecule has 0 atom stereocenters. The first-order valence-electron chi connectivity index (χ1n) is 8.03. The van der Waals surface area contributed by atoms with Gasteiger partial charge in [-0.15, -0.1) is 0 Å². The Morgan fingerprint density at radius 1 is 0.885 bits per heavy atom. The van der Waals surface area contributed by atoms with Crippen molar-refractivity contribution in [1.29, 1.82) is 0 Å². The first-order chi connectivity index (χ1) is 12.6. The van der Waals surface area contributed by atoms with Crippen LogP contribution < -0.4 is 15.0 Å². The lowest BCUT2D eigenvalue weighted by atomic mass is 10.1. The van der Waals surface area contributed by atoms with E-state index in [1.165, 1.54) is 6.07 Å². The number of hydrogen-bond acceptors (Lipinski definition) is 3. The van der Waals surface area contributed by atoms with E-state index in [4.69, 9.17) is 9.47 Å². The van der Waals surface area contributed by atoms with Gasteiger partial charge in [0.15, 0.2) is 12.5 Å². The summed E-state index contributed by atoms with van der Waals surface area (Å²) in [6, 6.07) is 19.9. The highest BCUT2D eigenvalue weighted by Crippen LogP contribution is 2.21. The van der Waals surface area contributed by atoms with Gasteiger partial charge in [-0.3, -0.25) is 9.78 Å². The number of halogens is 2. The van der Waals surface area contributed by atoms with Crippen molar-refractivity contribution in [1.82, 2.24) is 4.98 Å². The second kappa shape index (κ2) is 8.29. The molecule has 0 aliphatic carbocycles. The van der Waals surface area contributed by atoms with Crippen molar-refractivity contribution in [2.24, 2.45) is 0 Å². The Labute approximate surface area is 149 Å². The van der Waals surface area contributed by atoms with Gasteiger partial charge in [0.25, 0.3) is 12.0 Å². The molecular formula is C20H17F2NO3. The monoisotopic (exact) mass is 357 g/mol. The summed E-state index contributed by atoms with van der Waals surface area (Å²) in [5.74, 6) is 0.702. The molecule has 2 aromatic carbocycles. The van der Waals surface area contributed by atoms with E-state index in [-0.39, 0.29) is 5.88 Å². The Bertz CT molecular complexity index is 893. The largest absolute Gasteiger partial charge is 0.489 e. The minimum atomic E-state index is -2.60. The van der Waals surface area contributed by atoms with Gasteiger partial charge >= 0.3 is 0 Å². The molecule has 1 heterocycles. The molecule has 26 heavy (non-hydrogen) atoms. The molecule has 0 bridgehead atoms. The Hall–Kier alpha value is -3.15. The summed E-state index contributed by atoms with van der Waals surface area (Å²) in [5, 5.41) is 0. The summed E-state index contributed by atoms with van der Waals surface area (Å²) in [7, 11) is 0. The van der Waals surface area contributed by atoms with Gasteiger partial charge in [0, 0.05) is 5.56 Å². The van der Waals surface area contributed by atoms with Gasteiger partial charge < -0.3 is 9.47 Å². The Kier molecular flexibility index (Phi) is 5.63. The smallest absolute Gasteiger partial charge is 0.272 e. The van der Waals surface area contributed by atoms with Crippen molar-refractivity contribution in [2.45, 2.75) is 13.0 Å². The molecule has 4 nitrogen and oxygen atoms in total. The quantitative estimate of drug-likeness (QED) is 0.687. The van der Waals surface area contributed by atoms with Gasteiger partial charge in [-0.25, -0.2) is 8.78 Å². The fraction of sp³-hybridized carbons (Fsp3) is 0.150. The Morgan fingerprint density at radius 2 is 1.62 bits per heavy atom. The number of rotatable bonds is 7. The zero-order valence-electron chi connectivity index (χ0n) is 13.8. The molecule has 3 rings (SSSR count). The predicted octanol–water partition coefficient (Wildman–Crippen LogP) is 4.26. The Morgan fingerprint density at radius 3 is 2.27 bits per heavy atom.